The second kappa shape index (κ2) is 10.4. The fourth-order valence-electron chi connectivity index (χ4n) is 1.72. The Bertz CT molecular complexity index is 594. The van der Waals surface area contributed by atoms with Gasteiger partial charge in [0.15, 0.2) is 5.96 Å². The van der Waals surface area contributed by atoms with E-state index in [1.165, 1.54) is 6.26 Å². The number of hydrogen-bond acceptors (Lipinski definition) is 3. The maximum Gasteiger partial charge on any atom is 0.191 e. The number of halogens is 2. The SMILES string of the molecule is CN=C(NCc1cccc(Br)c1)NC(C)CCS(C)(=O)=O.I. The van der Waals surface area contributed by atoms with Crippen LogP contribution in [0.5, 0.6) is 0 Å². The Morgan fingerprint density at radius 3 is 2.64 bits per heavy atom. The lowest BCUT2D eigenvalue weighted by Gasteiger charge is -2.17. The first-order chi connectivity index (χ1) is 9.80. The lowest BCUT2D eigenvalue weighted by molar-refractivity contribution is 0.581. The molecule has 0 bridgehead atoms. The standard InChI is InChI=1S/C14H22BrN3O2S.HI/c1-11(7-8-21(3,19)20)18-14(16-2)17-10-12-5-4-6-13(15)9-12;/h4-6,9,11H,7-8,10H2,1-3H3,(H2,16,17,18);1H. The lowest BCUT2D eigenvalue weighted by Crippen LogP contribution is -2.42. The van der Waals surface area contributed by atoms with Crippen LogP contribution in [-0.2, 0) is 16.4 Å². The van der Waals surface area contributed by atoms with Gasteiger partial charge >= 0.3 is 0 Å². The van der Waals surface area contributed by atoms with E-state index in [2.05, 4.69) is 31.6 Å². The second-order valence-electron chi connectivity index (χ2n) is 5.02. The van der Waals surface area contributed by atoms with Crippen LogP contribution in [0.3, 0.4) is 0 Å². The summed E-state index contributed by atoms with van der Waals surface area (Å²) in [6.07, 6.45) is 1.80. The highest BCUT2D eigenvalue weighted by Gasteiger charge is 2.09. The van der Waals surface area contributed by atoms with Crippen LogP contribution < -0.4 is 10.6 Å². The number of nitrogens with zero attached hydrogens (tertiary/aromatic N) is 1. The Balaban J connectivity index is 0.00000441. The van der Waals surface area contributed by atoms with Crippen LogP contribution in [0.25, 0.3) is 0 Å². The molecule has 0 saturated heterocycles. The van der Waals surface area contributed by atoms with Crippen LogP contribution in [0.4, 0.5) is 0 Å². The molecule has 5 nitrogen and oxygen atoms in total. The summed E-state index contributed by atoms with van der Waals surface area (Å²) < 4.78 is 23.3. The first-order valence-corrected chi connectivity index (χ1v) is 9.55. The normalized spacial score (nSPS) is 13.2. The van der Waals surface area contributed by atoms with Gasteiger partial charge < -0.3 is 10.6 Å². The van der Waals surface area contributed by atoms with Gasteiger partial charge in [0.2, 0.25) is 0 Å². The van der Waals surface area contributed by atoms with E-state index in [0.717, 1.165) is 10.0 Å². The van der Waals surface area contributed by atoms with Gasteiger partial charge in [-0.3, -0.25) is 4.99 Å². The minimum Gasteiger partial charge on any atom is -0.354 e. The maximum atomic E-state index is 11.2. The summed E-state index contributed by atoms with van der Waals surface area (Å²) in [7, 11) is -1.23. The Hall–Kier alpha value is -0.350. The Labute approximate surface area is 158 Å². The molecule has 1 atom stereocenters. The molecule has 0 radical (unpaired) electrons. The van der Waals surface area contributed by atoms with Crippen molar-refractivity contribution in [2.45, 2.75) is 25.9 Å². The van der Waals surface area contributed by atoms with Crippen LogP contribution in [0.15, 0.2) is 33.7 Å². The van der Waals surface area contributed by atoms with Crippen molar-refractivity contribution in [3.8, 4) is 0 Å². The Kier molecular flexibility index (Phi) is 10.3. The molecule has 0 spiro atoms. The van der Waals surface area contributed by atoms with Gasteiger partial charge in [0.05, 0.1) is 5.75 Å². The topological polar surface area (TPSA) is 70.6 Å². The summed E-state index contributed by atoms with van der Waals surface area (Å²) in [5, 5.41) is 6.40. The zero-order valence-electron chi connectivity index (χ0n) is 13.0. The van der Waals surface area contributed by atoms with Crippen molar-refractivity contribution in [3.63, 3.8) is 0 Å². The third kappa shape index (κ3) is 9.62. The zero-order chi connectivity index (χ0) is 15.9. The van der Waals surface area contributed by atoms with Gasteiger partial charge in [-0.25, -0.2) is 8.42 Å². The second-order valence-corrected chi connectivity index (χ2v) is 8.20. The van der Waals surface area contributed by atoms with E-state index >= 15 is 0 Å². The predicted molar refractivity (Wildman–Crippen MR) is 107 cm³/mol. The molecule has 1 aromatic rings. The molecular weight excluding hydrogens is 481 g/mol. The number of benzene rings is 1. The van der Waals surface area contributed by atoms with Crippen LogP contribution in [0.1, 0.15) is 18.9 Å². The molecule has 2 N–H and O–H groups in total. The van der Waals surface area contributed by atoms with Crippen molar-refractivity contribution in [1.82, 2.24) is 10.6 Å². The first kappa shape index (κ1) is 21.6. The summed E-state index contributed by atoms with van der Waals surface area (Å²) in [5.74, 6) is 0.833. The summed E-state index contributed by atoms with van der Waals surface area (Å²) in [6.45, 7) is 2.59. The molecule has 8 heteroatoms. The quantitative estimate of drug-likeness (QED) is 0.355. The fourth-order valence-corrected chi connectivity index (χ4v) is 2.95. The minimum atomic E-state index is -2.93. The summed E-state index contributed by atoms with van der Waals surface area (Å²) >= 11 is 3.44. The predicted octanol–water partition coefficient (Wildman–Crippen LogP) is 2.56. The first-order valence-electron chi connectivity index (χ1n) is 6.69. The van der Waals surface area contributed by atoms with Crippen molar-refractivity contribution in [3.05, 3.63) is 34.3 Å². The number of sulfone groups is 1. The Morgan fingerprint density at radius 2 is 2.09 bits per heavy atom. The summed E-state index contributed by atoms with van der Waals surface area (Å²) in [4.78, 5) is 4.14. The van der Waals surface area contributed by atoms with E-state index in [4.69, 9.17) is 0 Å². The smallest absolute Gasteiger partial charge is 0.191 e. The number of aliphatic imine (C=N–C) groups is 1. The molecule has 0 aromatic heterocycles. The van der Waals surface area contributed by atoms with Crippen LogP contribution in [0.2, 0.25) is 0 Å². The maximum absolute atomic E-state index is 11.2. The van der Waals surface area contributed by atoms with E-state index in [1.54, 1.807) is 7.05 Å². The highest BCUT2D eigenvalue weighted by atomic mass is 127. The zero-order valence-corrected chi connectivity index (χ0v) is 17.7. The molecule has 22 heavy (non-hydrogen) atoms. The van der Waals surface area contributed by atoms with Gasteiger partial charge in [-0.15, -0.1) is 24.0 Å². The molecule has 1 unspecified atom stereocenters. The highest BCUT2D eigenvalue weighted by Crippen LogP contribution is 2.11. The van der Waals surface area contributed by atoms with Crippen LogP contribution in [-0.4, -0.2) is 39.5 Å². The molecule has 1 aromatic carbocycles. The molecule has 0 aliphatic rings. The van der Waals surface area contributed by atoms with Gasteiger partial charge in [0, 0.05) is 30.4 Å². The molecule has 1 rings (SSSR count). The third-order valence-electron chi connectivity index (χ3n) is 2.88. The number of rotatable bonds is 6. The molecule has 0 aliphatic carbocycles. The molecule has 0 amide bonds. The van der Waals surface area contributed by atoms with Crippen molar-refractivity contribution in [2.24, 2.45) is 4.99 Å². The van der Waals surface area contributed by atoms with E-state index in [0.29, 0.717) is 18.9 Å². The molecule has 0 heterocycles. The van der Waals surface area contributed by atoms with Crippen LogP contribution in [0, 0.1) is 0 Å². The van der Waals surface area contributed by atoms with Crippen molar-refractivity contribution < 1.29 is 8.42 Å². The molecule has 0 fully saturated rings. The number of guanidine groups is 1. The van der Waals surface area contributed by atoms with Gasteiger partial charge in [-0.2, -0.15) is 0 Å². The molecule has 126 valence electrons. The van der Waals surface area contributed by atoms with E-state index in [9.17, 15) is 8.42 Å². The van der Waals surface area contributed by atoms with Crippen molar-refractivity contribution in [2.75, 3.05) is 19.1 Å². The number of nitrogens with one attached hydrogen (secondary N) is 2. The summed E-state index contributed by atoms with van der Waals surface area (Å²) in [6, 6.07) is 8.05. The largest absolute Gasteiger partial charge is 0.354 e. The Morgan fingerprint density at radius 1 is 1.41 bits per heavy atom. The average molecular weight is 504 g/mol. The van der Waals surface area contributed by atoms with Gasteiger partial charge in [0.1, 0.15) is 9.84 Å². The van der Waals surface area contributed by atoms with E-state index in [1.807, 2.05) is 31.2 Å². The monoisotopic (exact) mass is 503 g/mol. The van der Waals surface area contributed by atoms with Crippen LogP contribution >= 0.6 is 39.9 Å². The van der Waals surface area contributed by atoms with E-state index < -0.39 is 9.84 Å². The average Bonchev–Trinajstić information content (AvgIpc) is 2.40. The molecule has 0 saturated carbocycles. The highest BCUT2D eigenvalue weighted by molar-refractivity contribution is 14.0. The third-order valence-corrected chi connectivity index (χ3v) is 4.35. The van der Waals surface area contributed by atoms with Crippen molar-refractivity contribution >= 4 is 55.7 Å². The van der Waals surface area contributed by atoms with E-state index in [-0.39, 0.29) is 35.8 Å². The molecule has 0 aliphatic heterocycles. The van der Waals surface area contributed by atoms with Gasteiger partial charge in [-0.05, 0) is 31.0 Å². The summed E-state index contributed by atoms with van der Waals surface area (Å²) in [5.41, 5.74) is 1.14. The fraction of sp³-hybridized carbons (Fsp3) is 0.500. The van der Waals surface area contributed by atoms with Gasteiger partial charge in [0.25, 0.3) is 0 Å². The minimum absolute atomic E-state index is 0. The lowest BCUT2D eigenvalue weighted by atomic mass is 10.2. The number of hydrogen-bond donors (Lipinski definition) is 2. The molecular formula is C14H23BrIN3O2S. The van der Waals surface area contributed by atoms with Crippen molar-refractivity contribution in [1.29, 1.82) is 0 Å². The van der Waals surface area contributed by atoms with Gasteiger partial charge in [-0.1, -0.05) is 28.1 Å².